The molecule has 4 nitrogen and oxygen atoms in total. The molecule has 0 unspecified atom stereocenters. The quantitative estimate of drug-likeness (QED) is 0.253. The van der Waals surface area contributed by atoms with Crippen molar-refractivity contribution in [2.45, 2.75) is 0 Å². The third-order valence-corrected chi connectivity index (χ3v) is 6.56. The van der Waals surface area contributed by atoms with Gasteiger partial charge in [0.05, 0.1) is 28.4 Å². The molecule has 0 saturated heterocycles. The highest BCUT2D eigenvalue weighted by Gasteiger charge is 2.16. The molecule has 7 rings (SSSR count). The van der Waals surface area contributed by atoms with Crippen molar-refractivity contribution in [1.82, 2.24) is 9.97 Å². The molecule has 3 aromatic heterocycles. The first kappa shape index (κ1) is 19.5. The van der Waals surface area contributed by atoms with Gasteiger partial charge in [-0.3, -0.25) is 4.98 Å². The van der Waals surface area contributed by atoms with Gasteiger partial charge in [0.25, 0.3) is 0 Å². The van der Waals surface area contributed by atoms with Crippen molar-refractivity contribution in [1.29, 1.82) is 5.26 Å². The molecule has 0 aliphatic rings. The highest BCUT2D eigenvalue weighted by molar-refractivity contribution is 6.13. The molecule has 4 heteroatoms. The van der Waals surface area contributed by atoms with Crippen LogP contribution in [0.25, 0.3) is 66.1 Å². The van der Waals surface area contributed by atoms with E-state index in [9.17, 15) is 5.26 Å². The Balaban J connectivity index is 1.48. The van der Waals surface area contributed by atoms with E-state index in [1.807, 2.05) is 66.7 Å². The first-order chi connectivity index (χ1) is 17.3. The molecule has 0 atom stereocenters. The van der Waals surface area contributed by atoms with Crippen molar-refractivity contribution >= 4 is 43.7 Å². The lowest BCUT2D eigenvalue weighted by Crippen LogP contribution is -1.89. The molecule has 0 amide bonds. The zero-order valence-corrected chi connectivity index (χ0v) is 18.6. The second-order valence-corrected chi connectivity index (χ2v) is 8.56. The van der Waals surface area contributed by atoms with Gasteiger partial charge in [0.2, 0.25) is 0 Å². The van der Waals surface area contributed by atoms with Crippen LogP contribution in [0.15, 0.2) is 108 Å². The second kappa shape index (κ2) is 7.51. The fraction of sp³-hybridized carbons (Fsp3) is 0. The van der Waals surface area contributed by atoms with Gasteiger partial charge in [-0.05, 0) is 48.0 Å². The smallest absolute Gasteiger partial charge is 0.136 e. The van der Waals surface area contributed by atoms with E-state index in [4.69, 9.17) is 9.40 Å². The summed E-state index contributed by atoms with van der Waals surface area (Å²) in [6.07, 6.45) is 1.81. The topological polar surface area (TPSA) is 62.7 Å². The molecule has 3 heterocycles. The maximum Gasteiger partial charge on any atom is 0.136 e. The summed E-state index contributed by atoms with van der Waals surface area (Å²) in [5, 5.41) is 13.8. The number of nitriles is 1. The number of hydrogen-bond donors (Lipinski definition) is 0. The van der Waals surface area contributed by atoms with Gasteiger partial charge in [-0.1, -0.05) is 54.6 Å². The van der Waals surface area contributed by atoms with Gasteiger partial charge < -0.3 is 4.42 Å². The summed E-state index contributed by atoms with van der Waals surface area (Å²) in [5.74, 6) is 0. The fourth-order valence-electron chi connectivity index (χ4n) is 4.91. The minimum atomic E-state index is 0.640. The Hall–Kier alpha value is -5.01. The van der Waals surface area contributed by atoms with Crippen LogP contribution in [0, 0.1) is 11.3 Å². The van der Waals surface area contributed by atoms with Crippen LogP contribution in [0.2, 0.25) is 0 Å². The summed E-state index contributed by atoms with van der Waals surface area (Å²) in [6.45, 7) is 0. The molecule has 0 spiro atoms. The van der Waals surface area contributed by atoms with Gasteiger partial charge in [0.1, 0.15) is 11.2 Å². The molecular weight excluding hydrogens is 430 g/mol. The van der Waals surface area contributed by atoms with Crippen LogP contribution in [0.5, 0.6) is 0 Å². The van der Waals surface area contributed by atoms with Crippen molar-refractivity contribution in [3.05, 3.63) is 109 Å². The van der Waals surface area contributed by atoms with Crippen molar-refractivity contribution in [3.8, 4) is 28.5 Å². The molecule has 4 aromatic carbocycles. The summed E-state index contributed by atoms with van der Waals surface area (Å²) in [6, 6.07) is 34.5. The van der Waals surface area contributed by atoms with Gasteiger partial charge in [-0.25, -0.2) is 4.98 Å². The Morgan fingerprint density at radius 3 is 2.43 bits per heavy atom. The number of aromatic nitrogens is 2. The third-order valence-electron chi connectivity index (χ3n) is 6.56. The van der Waals surface area contributed by atoms with Gasteiger partial charge >= 0.3 is 0 Å². The first-order valence-electron chi connectivity index (χ1n) is 11.4. The molecule has 0 bridgehead atoms. The number of benzene rings is 4. The lowest BCUT2D eigenvalue weighted by Gasteiger charge is -2.07. The first-order valence-corrected chi connectivity index (χ1v) is 11.4. The third kappa shape index (κ3) is 2.99. The van der Waals surface area contributed by atoms with Crippen molar-refractivity contribution in [2.75, 3.05) is 0 Å². The Bertz CT molecular complexity index is 1980. The van der Waals surface area contributed by atoms with E-state index in [1.165, 1.54) is 0 Å². The number of hydrogen-bond acceptors (Lipinski definition) is 4. The van der Waals surface area contributed by atoms with Crippen LogP contribution >= 0.6 is 0 Å². The number of nitrogens with zero attached hydrogens (tertiary/aromatic N) is 3. The lowest BCUT2D eigenvalue weighted by molar-refractivity contribution is 0.669. The number of pyridine rings is 2. The van der Waals surface area contributed by atoms with Crippen molar-refractivity contribution in [2.24, 2.45) is 0 Å². The zero-order chi connectivity index (χ0) is 23.4. The largest absolute Gasteiger partial charge is 0.456 e. The summed E-state index contributed by atoms with van der Waals surface area (Å²) in [7, 11) is 0. The molecule has 0 radical (unpaired) electrons. The van der Waals surface area contributed by atoms with Crippen LogP contribution in [0.1, 0.15) is 5.56 Å². The minimum absolute atomic E-state index is 0.640. The molecule has 0 aliphatic heterocycles. The zero-order valence-electron chi connectivity index (χ0n) is 18.6. The standard InChI is InChI=1S/C31H17N3O/c32-18-22-5-1-2-7-23(22)24-8-3-9-28-29(24)25-17-21(13-15-27(25)35-28)26-14-12-20-11-10-19-6-4-16-33-30(19)31(20)34-26/h1-17H. The molecule has 7 aromatic rings. The van der Waals surface area contributed by atoms with E-state index in [2.05, 4.69) is 41.4 Å². The monoisotopic (exact) mass is 447 g/mol. The Kier molecular flexibility index (Phi) is 4.18. The normalized spacial score (nSPS) is 11.4. The molecule has 35 heavy (non-hydrogen) atoms. The van der Waals surface area contributed by atoms with Crippen LogP contribution < -0.4 is 0 Å². The fourth-order valence-corrected chi connectivity index (χ4v) is 4.91. The average molecular weight is 447 g/mol. The lowest BCUT2D eigenvalue weighted by atomic mass is 9.95. The van der Waals surface area contributed by atoms with Crippen LogP contribution in [0.4, 0.5) is 0 Å². The van der Waals surface area contributed by atoms with Gasteiger partial charge in [-0.15, -0.1) is 0 Å². The maximum atomic E-state index is 9.68. The van der Waals surface area contributed by atoms with Crippen molar-refractivity contribution < 1.29 is 4.42 Å². The van der Waals surface area contributed by atoms with E-state index in [0.29, 0.717) is 5.56 Å². The number of fused-ring (bicyclic) bond motifs is 6. The molecule has 0 fully saturated rings. The predicted molar refractivity (Wildman–Crippen MR) is 140 cm³/mol. The number of furan rings is 1. The Labute approximate surface area is 200 Å². The average Bonchev–Trinajstić information content (AvgIpc) is 3.31. The van der Waals surface area contributed by atoms with Crippen molar-refractivity contribution in [3.63, 3.8) is 0 Å². The van der Waals surface area contributed by atoms with E-state index < -0.39 is 0 Å². The second-order valence-electron chi connectivity index (χ2n) is 8.56. The minimum Gasteiger partial charge on any atom is -0.456 e. The molecule has 0 saturated carbocycles. The van der Waals surface area contributed by atoms with Crippen LogP contribution in [-0.4, -0.2) is 9.97 Å². The summed E-state index contributed by atoms with van der Waals surface area (Å²) < 4.78 is 6.19. The Morgan fingerprint density at radius 1 is 0.686 bits per heavy atom. The molecular formula is C31H17N3O. The molecule has 0 N–H and O–H groups in total. The van der Waals surface area contributed by atoms with Gasteiger partial charge in [-0.2, -0.15) is 5.26 Å². The maximum absolute atomic E-state index is 9.68. The van der Waals surface area contributed by atoms with E-state index in [1.54, 1.807) is 6.20 Å². The summed E-state index contributed by atoms with van der Waals surface area (Å²) >= 11 is 0. The molecule has 0 aliphatic carbocycles. The highest BCUT2D eigenvalue weighted by Crippen LogP contribution is 2.39. The molecule has 162 valence electrons. The summed E-state index contributed by atoms with van der Waals surface area (Å²) in [5.41, 5.74) is 7.79. The predicted octanol–water partition coefficient (Wildman–Crippen LogP) is 7.89. The van der Waals surface area contributed by atoms with E-state index in [-0.39, 0.29) is 0 Å². The SMILES string of the molecule is N#Cc1ccccc1-c1cccc2oc3ccc(-c4ccc5ccc6cccnc6c5n4)cc3c12. The Morgan fingerprint density at radius 2 is 1.51 bits per heavy atom. The van der Waals surface area contributed by atoms with Crippen LogP contribution in [-0.2, 0) is 0 Å². The summed E-state index contributed by atoms with van der Waals surface area (Å²) in [4.78, 5) is 9.60. The van der Waals surface area contributed by atoms with E-state index in [0.717, 1.165) is 66.1 Å². The number of rotatable bonds is 2. The van der Waals surface area contributed by atoms with Gasteiger partial charge in [0.15, 0.2) is 0 Å². The van der Waals surface area contributed by atoms with Gasteiger partial charge in [0, 0.05) is 38.9 Å². The van der Waals surface area contributed by atoms with E-state index >= 15 is 0 Å². The van der Waals surface area contributed by atoms with Crippen LogP contribution in [0.3, 0.4) is 0 Å². The highest BCUT2D eigenvalue weighted by atomic mass is 16.3.